The summed E-state index contributed by atoms with van der Waals surface area (Å²) in [6.07, 6.45) is 23.6. The van der Waals surface area contributed by atoms with Crippen LogP contribution in [0, 0.1) is 20.8 Å². The molecule has 9 aliphatic rings. The van der Waals surface area contributed by atoms with Gasteiger partial charge in [0.15, 0.2) is 48.0 Å². The van der Waals surface area contributed by atoms with Crippen molar-refractivity contribution >= 4 is 57.9 Å². The predicted octanol–water partition coefficient (Wildman–Crippen LogP) is 15.3. The number of hydrogen-bond acceptors (Lipinski definition) is 26. The van der Waals surface area contributed by atoms with Gasteiger partial charge in [0, 0.05) is 199 Å². The molecule has 13 aromatic rings. The van der Waals surface area contributed by atoms with E-state index >= 15 is 0 Å². The van der Waals surface area contributed by atoms with Crippen LogP contribution in [0.25, 0.3) is 40.2 Å². The molecule has 0 spiro atoms. The van der Waals surface area contributed by atoms with Gasteiger partial charge in [-0.15, -0.1) is 12.4 Å². The number of piperidine rings is 2. The molecule has 8 fully saturated rings. The second-order valence-corrected chi connectivity index (χ2v) is 33.8. The average Bonchev–Trinajstić information content (AvgIpc) is 1.68. The lowest BCUT2D eigenvalue weighted by molar-refractivity contribution is -0.0445. The van der Waals surface area contributed by atoms with E-state index in [9.17, 15) is 4.79 Å². The number of aromatic amines is 2. The summed E-state index contributed by atoms with van der Waals surface area (Å²) < 4.78 is 27.9. The number of aromatic nitrogens is 20. The zero-order valence-corrected chi connectivity index (χ0v) is 74.9. The SMILES string of the molecule is Brc1ccc(C2OCCO2)cn1.CC(C)c1ccn[nH]1.CC(C)c1ccnn1-c1ccc(C2OCCO2)cn1.CC(C)c1ccnn1-c1ccc(C=O)cn1.CC1=CC(Nc2cc(C)nc(-c3ccc(N4CC5CC(C4)N5)nc3)n2)=NC1.Cc1cc(Cc2cc(C)[nH]n2)nc(-c2ccc(N3CC4CC(C3)N4Cc3ccc(-n4nccc4C(C)C)nc3)nc2)n1.Cl. The first-order chi connectivity index (χ1) is 60.1. The summed E-state index contributed by atoms with van der Waals surface area (Å²) in [7, 11) is 0. The van der Waals surface area contributed by atoms with Gasteiger partial charge in [0.1, 0.15) is 27.9 Å². The number of halogens is 2. The quantitative estimate of drug-likeness (QED) is 0.0431. The third-order valence-corrected chi connectivity index (χ3v) is 22.4. The molecule has 0 radical (unpaired) electrons. The zero-order valence-electron chi connectivity index (χ0n) is 72.5. The van der Waals surface area contributed by atoms with Crippen LogP contribution in [-0.2, 0) is 31.9 Å². The number of fused-ring (bicyclic) bond motifs is 4. The highest BCUT2D eigenvalue weighted by molar-refractivity contribution is 9.10. The molecule has 33 heteroatoms. The van der Waals surface area contributed by atoms with Crippen molar-refractivity contribution in [2.75, 3.05) is 74.3 Å². The number of nitrogens with zero attached hydrogens (tertiary/aromatic N) is 22. The normalized spacial score (nSPS) is 17.6. The average molecular weight is 1770 g/mol. The van der Waals surface area contributed by atoms with Crippen molar-refractivity contribution in [3.8, 4) is 40.2 Å². The maximum atomic E-state index is 10.5. The fourth-order valence-electron chi connectivity index (χ4n) is 15.5. The Morgan fingerprint density at radius 2 is 1.03 bits per heavy atom. The highest BCUT2D eigenvalue weighted by Gasteiger charge is 2.45. The molecule has 22 rings (SSSR count). The van der Waals surface area contributed by atoms with Gasteiger partial charge in [-0.3, -0.25) is 24.9 Å². The third kappa shape index (κ3) is 23.0. The highest BCUT2D eigenvalue weighted by Crippen LogP contribution is 2.37. The van der Waals surface area contributed by atoms with E-state index in [1.807, 2.05) is 116 Å². The number of nitrogens with one attached hydrogen (secondary N) is 4. The Labute approximate surface area is 742 Å². The lowest BCUT2D eigenvalue weighted by Crippen LogP contribution is -2.68. The molecule has 9 aliphatic heterocycles. The number of hydrogen-bond donors (Lipinski definition) is 4. The van der Waals surface area contributed by atoms with Gasteiger partial charge in [-0.05, 0) is 200 Å². The Balaban J connectivity index is 0.000000132. The van der Waals surface area contributed by atoms with Crippen LogP contribution in [0.2, 0.25) is 0 Å². The molecule has 0 amide bonds. The number of aliphatic imine (C=N–C) groups is 1. The van der Waals surface area contributed by atoms with Gasteiger partial charge in [0.25, 0.3) is 0 Å². The van der Waals surface area contributed by atoms with Gasteiger partial charge in [0.2, 0.25) is 0 Å². The summed E-state index contributed by atoms with van der Waals surface area (Å²) in [5, 5.41) is 33.9. The molecule has 0 aromatic carbocycles. The number of anilines is 3. The van der Waals surface area contributed by atoms with Gasteiger partial charge in [0.05, 0.1) is 44.4 Å². The molecule has 0 saturated carbocycles. The highest BCUT2D eigenvalue weighted by atomic mass is 79.9. The van der Waals surface area contributed by atoms with Crippen molar-refractivity contribution in [1.29, 1.82) is 0 Å². The van der Waals surface area contributed by atoms with Crippen LogP contribution in [0.4, 0.5) is 17.5 Å². The summed E-state index contributed by atoms with van der Waals surface area (Å²) in [5.41, 5.74) is 16.3. The van der Waals surface area contributed by atoms with E-state index in [2.05, 4.69) is 228 Å². The van der Waals surface area contributed by atoms with E-state index in [1.165, 1.54) is 35.4 Å². The Kier molecular flexibility index (Phi) is 29.9. The van der Waals surface area contributed by atoms with Crippen molar-refractivity contribution in [3.05, 3.63) is 267 Å². The Morgan fingerprint density at radius 3 is 1.48 bits per heavy atom. The summed E-state index contributed by atoms with van der Waals surface area (Å²) in [6, 6.07) is 40.2. The minimum absolute atomic E-state index is 0. The van der Waals surface area contributed by atoms with Crippen molar-refractivity contribution in [2.45, 2.75) is 169 Å². The van der Waals surface area contributed by atoms with Crippen LogP contribution in [0.1, 0.15) is 190 Å². The Bertz CT molecular complexity index is 5670. The first kappa shape index (κ1) is 89.4. The van der Waals surface area contributed by atoms with Gasteiger partial charge in [-0.1, -0.05) is 61.5 Å². The standard InChI is InChI=1S/C32H36N10.C20H23N7.C14H17N3O2.C12H13N3O.C8H8BrNO2.C6H10N2.ClH/c1-20(2)29-9-10-35-42(29)31-7-5-23(15-33-31)17-41-27-14-28(41)19-40(18-27)30-8-6-24(16-34-30)32-36-21(3)11-25(37-32)13-26-12-22(4)38-39-26;1-12-5-17(21-8-12)25-18-6-13(2)23-20(26-18)14-3-4-19(22-9-14)27-10-15-7-16(11-27)24-15;1-10(2)12-5-6-16-17(12)13-4-3-11(9-15-13)14-18-7-8-19-14;1-9(2)11-5-6-14-15(11)12-4-3-10(8-16)7-13-12;9-7-2-1-6(5-10-7)8-11-3-4-12-8;1-5(2)6-3-4-7-8-6;/h5-12,15-16,20,27-28H,13-14,17-19H2,1-4H3,(H,38,39);3-6,9,15-16,24H,7-8,10-11H2,1-2H3,(H,21,23,25,26);3-6,9-10,14H,7-8H2,1-2H3;3-9H,1-2H3;1-2,5,8H,3-4H2;3-5H,1-2H3,(H,7,8);1H. The van der Waals surface area contributed by atoms with E-state index in [1.54, 1.807) is 54.0 Å². The van der Waals surface area contributed by atoms with Crippen molar-refractivity contribution in [3.63, 3.8) is 0 Å². The van der Waals surface area contributed by atoms with Crippen molar-refractivity contribution in [2.24, 2.45) is 4.99 Å². The predicted molar refractivity (Wildman–Crippen MR) is 486 cm³/mol. The lowest BCUT2D eigenvalue weighted by atomic mass is 9.87. The van der Waals surface area contributed by atoms with E-state index in [0.717, 1.165) is 153 Å². The molecule has 22 heterocycles. The van der Waals surface area contributed by atoms with E-state index in [4.69, 9.17) is 33.9 Å². The summed E-state index contributed by atoms with van der Waals surface area (Å²) in [6.45, 7) is 33.5. The molecular weight excluding hydrogens is 1660 g/mol. The van der Waals surface area contributed by atoms with Crippen molar-refractivity contribution in [1.82, 2.24) is 110 Å². The number of H-pyrrole nitrogens is 2. The number of piperazine rings is 2. The minimum Gasteiger partial charge on any atom is -0.353 e. The van der Waals surface area contributed by atoms with Gasteiger partial charge >= 0.3 is 0 Å². The maximum absolute atomic E-state index is 10.5. The van der Waals surface area contributed by atoms with Crippen LogP contribution in [0.15, 0.2) is 198 Å². The maximum Gasteiger partial charge on any atom is 0.185 e. The number of carbonyl (C=O) groups excluding carboxylic acids is 1. The number of rotatable bonds is 19. The van der Waals surface area contributed by atoms with Crippen LogP contribution in [0.5, 0.6) is 0 Å². The first-order valence-electron chi connectivity index (χ1n) is 42.3. The zero-order chi connectivity index (χ0) is 86.3. The monoisotopic (exact) mass is 1770 g/mol. The van der Waals surface area contributed by atoms with E-state index in [0.29, 0.717) is 97.9 Å². The van der Waals surface area contributed by atoms with Gasteiger partial charge < -0.3 is 39.4 Å². The number of carbonyl (C=O) groups is 1. The Hall–Kier alpha value is -11.9. The van der Waals surface area contributed by atoms with Crippen LogP contribution >= 0.6 is 28.3 Å². The molecule has 4 atom stereocenters. The Morgan fingerprint density at radius 1 is 0.512 bits per heavy atom. The second kappa shape index (κ2) is 41.7. The molecule has 650 valence electrons. The fourth-order valence-corrected chi connectivity index (χ4v) is 15.7. The summed E-state index contributed by atoms with van der Waals surface area (Å²) in [4.78, 5) is 68.1. The number of ether oxygens (including phenoxy) is 4. The molecule has 8 saturated heterocycles. The van der Waals surface area contributed by atoms with Gasteiger partial charge in [-0.25, -0.2) is 63.9 Å². The molecule has 4 bridgehead atoms. The summed E-state index contributed by atoms with van der Waals surface area (Å²) >= 11 is 3.26. The molecule has 4 unspecified atom stereocenters. The third-order valence-electron chi connectivity index (χ3n) is 21.9. The minimum atomic E-state index is -0.274. The lowest BCUT2D eigenvalue weighted by Gasteiger charge is -2.56. The number of pyridine rings is 6. The first-order valence-corrected chi connectivity index (χ1v) is 43.1. The number of aldehydes is 1. The molecular formula is C92H108BrClN26O5. The van der Waals surface area contributed by atoms with E-state index in [-0.39, 0.29) is 25.0 Å². The van der Waals surface area contributed by atoms with Crippen LogP contribution in [0.3, 0.4) is 0 Å². The molecule has 31 nitrogen and oxygen atoms in total. The number of amidine groups is 1. The summed E-state index contributed by atoms with van der Waals surface area (Å²) in [5.74, 6) is 9.21. The fraction of sp³-hybridized carbons (Fsp3) is 0.380. The van der Waals surface area contributed by atoms with Crippen molar-refractivity contribution < 1.29 is 23.7 Å². The second-order valence-electron chi connectivity index (χ2n) is 32.9. The smallest absolute Gasteiger partial charge is 0.185 e. The molecule has 4 N–H and O–H groups in total. The van der Waals surface area contributed by atoms with Crippen LogP contribution in [-0.4, -0.2) is 200 Å². The largest absolute Gasteiger partial charge is 0.353 e. The topological polar surface area (TPSA) is 340 Å². The number of aryl methyl sites for hydroxylation is 3. The molecule has 125 heavy (non-hydrogen) atoms. The van der Waals surface area contributed by atoms with Gasteiger partial charge in [-0.2, -0.15) is 25.5 Å². The van der Waals surface area contributed by atoms with Crippen LogP contribution < -0.4 is 20.4 Å². The molecule has 0 aliphatic carbocycles. The molecule has 13 aromatic heterocycles. The van der Waals surface area contributed by atoms with E-state index < -0.39 is 0 Å².